The number of amides is 1. The fourth-order valence-electron chi connectivity index (χ4n) is 2.46. The van der Waals surface area contributed by atoms with Crippen LogP contribution in [0.1, 0.15) is 21.5 Å². The van der Waals surface area contributed by atoms with Crippen LogP contribution in [0, 0.1) is 13.8 Å². The standard InChI is InChI=1S/C20H18ClN3O/c1-13-5-3-6-16(9-13)24-20(25)15-10-17(12-22-11-15)23-19-8-4-7-18(21)14(19)2/h3-12,23H,1-2H3,(H,24,25). The van der Waals surface area contributed by atoms with Gasteiger partial charge in [-0.3, -0.25) is 9.78 Å². The van der Waals surface area contributed by atoms with E-state index in [9.17, 15) is 4.79 Å². The third-order valence-corrected chi connectivity index (χ3v) is 4.23. The Hall–Kier alpha value is -2.85. The first-order valence-corrected chi connectivity index (χ1v) is 8.26. The highest BCUT2D eigenvalue weighted by Gasteiger charge is 2.09. The SMILES string of the molecule is Cc1cccc(NC(=O)c2cncc(Nc3cccc(Cl)c3C)c2)c1. The van der Waals surface area contributed by atoms with Crippen molar-refractivity contribution in [1.82, 2.24) is 4.98 Å². The summed E-state index contributed by atoms with van der Waals surface area (Å²) in [4.78, 5) is 16.6. The van der Waals surface area contributed by atoms with E-state index in [0.717, 1.165) is 28.2 Å². The van der Waals surface area contributed by atoms with Crippen LogP contribution in [0.3, 0.4) is 0 Å². The smallest absolute Gasteiger partial charge is 0.257 e. The molecule has 1 heterocycles. The van der Waals surface area contributed by atoms with Crippen LogP contribution in [-0.4, -0.2) is 10.9 Å². The molecule has 4 nitrogen and oxygen atoms in total. The largest absolute Gasteiger partial charge is 0.354 e. The molecule has 2 aromatic carbocycles. The van der Waals surface area contributed by atoms with Crippen LogP contribution >= 0.6 is 11.6 Å². The van der Waals surface area contributed by atoms with Crippen LogP contribution < -0.4 is 10.6 Å². The molecule has 0 spiro atoms. The van der Waals surface area contributed by atoms with Crippen molar-refractivity contribution in [3.63, 3.8) is 0 Å². The number of nitrogens with one attached hydrogen (secondary N) is 2. The van der Waals surface area contributed by atoms with Crippen LogP contribution in [0.5, 0.6) is 0 Å². The Kier molecular flexibility index (Phi) is 5.00. The van der Waals surface area contributed by atoms with E-state index in [4.69, 9.17) is 11.6 Å². The molecule has 3 rings (SSSR count). The molecule has 0 saturated carbocycles. The summed E-state index contributed by atoms with van der Waals surface area (Å²) < 4.78 is 0. The molecule has 126 valence electrons. The lowest BCUT2D eigenvalue weighted by molar-refractivity contribution is 0.102. The molecule has 0 bridgehead atoms. The summed E-state index contributed by atoms with van der Waals surface area (Å²) >= 11 is 6.15. The molecule has 2 N–H and O–H groups in total. The molecule has 0 aliphatic heterocycles. The quantitative estimate of drug-likeness (QED) is 0.666. The predicted molar refractivity (Wildman–Crippen MR) is 103 cm³/mol. The van der Waals surface area contributed by atoms with E-state index in [1.165, 1.54) is 0 Å². The van der Waals surface area contributed by atoms with Crippen molar-refractivity contribution < 1.29 is 4.79 Å². The Labute approximate surface area is 151 Å². The van der Waals surface area contributed by atoms with E-state index >= 15 is 0 Å². The van der Waals surface area contributed by atoms with Gasteiger partial charge in [-0.05, 0) is 55.3 Å². The molecule has 0 saturated heterocycles. The molecule has 0 aliphatic carbocycles. The highest BCUT2D eigenvalue weighted by atomic mass is 35.5. The zero-order valence-electron chi connectivity index (χ0n) is 14.0. The maximum atomic E-state index is 12.5. The van der Waals surface area contributed by atoms with Gasteiger partial charge in [0.25, 0.3) is 5.91 Å². The Morgan fingerprint density at radius 2 is 1.80 bits per heavy atom. The highest BCUT2D eigenvalue weighted by Crippen LogP contribution is 2.26. The van der Waals surface area contributed by atoms with Crippen molar-refractivity contribution in [1.29, 1.82) is 0 Å². The molecule has 3 aromatic rings. The van der Waals surface area contributed by atoms with Gasteiger partial charge in [0.05, 0.1) is 17.4 Å². The number of anilines is 3. The molecular weight excluding hydrogens is 334 g/mol. The molecule has 5 heteroatoms. The molecule has 0 unspecified atom stereocenters. The summed E-state index contributed by atoms with van der Waals surface area (Å²) in [5.41, 5.74) is 4.87. The normalized spacial score (nSPS) is 10.4. The Morgan fingerprint density at radius 1 is 1.00 bits per heavy atom. The zero-order chi connectivity index (χ0) is 17.8. The van der Waals surface area contributed by atoms with Gasteiger partial charge in [0.2, 0.25) is 0 Å². The van der Waals surface area contributed by atoms with Gasteiger partial charge in [-0.1, -0.05) is 29.8 Å². The number of carbonyl (C=O) groups is 1. The molecule has 0 aliphatic rings. The summed E-state index contributed by atoms with van der Waals surface area (Å²) in [6.07, 6.45) is 3.21. The average Bonchev–Trinajstić information content (AvgIpc) is 2.59. The average molecular weight is 352 g/mol. The van der Waals surface area contributed by atoms with Crippen molar-refractivity contribution in [3.05, 3.63) is 82.6 Å². The van der Waals surface area contributed by atoms with Gasteiger partial charge in [0, 0.05) is 22.6 Å². The first-order chi connectivity index (χ1) is 12.0. The number of benzene rings is 2. The third kappa shape index (κ3) is 4.17. The number of aromatic nitrogens is 1. The van der Waals surface area contributed by atoms with E-state index in [-0.39, 0.29) is 5.91 Å². The molecular formula is C20H18ClN3O. The number of nitrogens with zero attached hydrogens (tertiary/aromatic N) is 1. The Morgan fingerprint density at radius 3 is 2.60 bits per heavy atom. The van der Waals surface area contributed by atoms with Crippen LogP contribution in [0.15, 0.2) is 60.9 Å². The predicted octanol–water partition coefficient (Wildman–Crippen LogP) is 5.35. The summed E-state index contributed by atoms with van der Waals surface area (Å²) in [7, 11) is 0. The zero-order valence-corrected chi connectivity index (χ0v) is 14.8. The molecule has 1 amide bonds. The fourth-order valence-corrected chi connectivity index (χ4v) is 2.63. The van der Waals surface area contributed by atoms with Gasteiger partial charge in [-0.15, -0.1) is 0 Å². The van der Waals surface area contributed by atoms with Crippen LogP contribution in [-0.2, 0) is 0 Å². The molecule has 0 atom stereocenters. The summed E-state index contributed by atoms with van der Waals surface area (Å²) in [5, 5.41) is 6.82. The van der Waals surface area contributed by atoms with Gasteiger partial charge in [-0.25, -0.2) is 0 Å². The fraction of sp³-hybridized carbons (Fsp3) is 0.100. The highest BCUT2D eigenvalue weighted by molar-refractivity contribution is 6.31. The maximum Gasteiger partial charge on any atom is 0.257 e. The van der Waals surface area contributed by atoms with E-state index in [2.05, 4.69) is 15.6 Å². The number of carbonyl (C=O) groups excluding carboxylic acids is 1. The topological polar surface area (TPSA) is 54.0 Å². The van der Waals surface area contributed by atoms with Crippen molar-refractivity contribution in [2.45, 2.75) is 13.8 Å². The van der Waals surface area contributed by atoms with Gasteiger partial charge < -0.3 is 10.6 Å². The number of hydrogen-bond donors (Lipinski definition) is 2. The van der Waals surface area contributed by atoms with E-state index in [1.807, 2.05) is 56.3 Å². The lowest BCUT2D eigenvalue weighted by atomic mass is 10.2. The summed E-state index contributed by atoms with van der Waals surface area (Å²) in [6, 6.07) is 15.1. The minimum Gasteiger partial charge on any atom is -0.354 e. The summed E-state index contributed by atoms with van der Waals surface area (Å²) in [6.45, 7) is 3.92. The van der Waals surface area contributed by atoms with Crippen LogP contribution in [0.4, 0.5) is 17.1 Å². The second kappa shape index (κ2) is 7.36. The number of hydrogen-bond acceptors (Lipinski definition) is 3. The third-order valence-electron chi connectivity index (χ3n) is 3.82. The number of halogens is 1. The van der Waals surface area contributed by atoms with Gasteiger partial charge in [0.1, 0.15) is 0 Å². The Bertz CT molecular complexity index is 924. The maximum absolute atomic E-state index is 12.5. The second-order valence-electron chi connectivity index (χ2n) is 5.82. The van der Waals surface area contributed by atoms with Crippen molar-refractivity contribution in [2.24, 2.45) is 0 Å². The first kappa shape index (κ1) is 17.0. The van der Waals surface area contributed by atoms with Crippen molar-refractivity contribution >= 4 is 34.6 Å². The van der Waals surface area contributed by atoms with Gasteiger partial charge in [0.15, 0.2) is 0 Å². The Balaban J connectivity index is 1.79. The van der Waals surface area contributed by atoms with Crippen molar-refractivity contribution in [2.75, 3.05) is 10.6 Å². The monoisotopic (exact) mass is 351 g/mol. The van der Waals surface area contributed by atoms with Crippen LogP contribution in [0.2, 0.25) is 5.02 Å². The van der Waals surface area contributed by atoms with Crippen molar-refractivity contribution in [3.8, 4) is 0 Å². The van der Waals surface area contributed by atoms with Gasteiger partial charge in [-0.2, -0.15) is 0 Å². The van der Waals surface area contributed by atoms with E-state index in [0.29, 0.717) is 10.6 Å². The minimum atomic E-state index is -0.204. The number of pyridine rings is 1. The lowest BCUT2D eigenvalue weighted by Crippen LogP contribution is -2.12. The first-order valence-electron chi connectivity index (χ1n) is 7.88. The van der Waals surface area contributed by atoms with E-state index < -0.39 is 0 Å². The number of aryl methyl sites for hydroxylation is 1. The molecule has 25 heavy (non-hydrogen) atoms. The minimum absolute atomic E-state index is 0.204. The molecule has 1 aromatic heterocycles. The molecule has 0 fully saturated rings. The van der Waals surface area contributed by atoms with Crippen LogP contribution in [0.25, 0.3) is 0 Å². The number of rotatable bonds is 4. The second-order valence-corrected chi connectivity index (χ2v) is 6.23. The van der Waals surface area contributed by atoms with E-state index in [1.54, 1.807) is 18.5 Å². The lowest BCUT2D eigenvalue weighted by Gasteiger charge is -2.11. The molecule has 0 radical (unpaired) electrons. The summed E-state index contributed by atoms with van der Waals surface area (Å²) in [5.74, 6) is -0.204. The van der Waals surface area contributed by atoms with Gasteiger partial charge >= 0.3 is 0 Å².